The number of aromatic nitrogens is 2. The number of anilines is 2. The van der Waals surface area contributed by atoms with Crippen LogP contribution in [-0.4, -0.2) is 31.1 Å². The molecule has 0 spiro atoms. The summed E-state index contributed by atoms with van der Waals surface area (Å²) >= 11 is 0. The molecule has 0 fully saturated rings. The average molecular weight is 414 g/mol. The van der Waals surface area contributed by atoms with E-state index >= 15 is 0 Å². The molecular formula is C20H22N4O4S. The van der Waals surface area contributed by atoms with Crippen LogP contribution < -0.4 is 14.8 Å². The Morgan fingerprint density at radius 3 is 2.38 bits per heavy atom. The van der Waals surface area contributed by atoms with E-state index in [1.165, 1.54) is 6.07 Å². The van der Waals surface area contributed by atoms with Gasteiger partial charge in [-0.25, -0.2) is 0 Å². The van der Waals surface area contributed by atoms with Crippen LogP contribution in [-0.2, 0) is 10.0 Å². The maximum Gasteiger partial charge on any atom is 0.278 e. The van der Waals surface area contributed by atoms with Crippen molar-refractivity contribution < 1.29 is 17.9 Å². The topological polar surface area (TPSA) is 113 Å². The number of ether oxygens (including phenoxy) is 1. The van der Waals surface area contributed by atoms with Crippen LogP contribution >= 0.6 is 0 Å². The van der Waals surface area contributed by atoms with Crippen molar-refractivity contribution in [3.63, 3.8) is 0 Å². The number of H-pyrrole nitrogens is 1. The third kappa shape index (κ3) is 4.94. The zero-order valence-electron chi connectivity index (χ0n) is 16.3. The van der Waals surface area contributed by atoms with Crippen molar-refractivity contribution in [3.05, 3.63) is 65.4 Å². The van der Waals surface area contributed by atoms with E-state index in [2.05, 4.69) is 20.2 Å². The van der Waals surface area contributed by atoms with E-state index in [9.17, 15) is 13.2 Å². The number of sulfonamides is 1. The highest BCUT2D eigenvalue weighted by molar-refractivity contribution is 7.92. The zero-order valence-corrected chi connectivity index (χ0v) is 17.1. The second kappa shape index (κ2) is 8.36. The second-order valence-electron chi connectivity index (χ2n) is 6.43. The molecule has 2 aromatic carbocycles. The highest BCUT2D eigenvalue weighted by atomic mass is 32.2. The molecule has 1 amide bonds. The van der Waals surface area contributed by atoms with Gasteiger partial charge in [0.25, 0.3) is 15.9 Å². The molecule has 1 heterocycles. The van der Waals surface area contributed by atoms with Gasteiger partial charge in [0, 0.05) is 17.4 Å². The lowest BCUT2D eigenvalue weighted by molar-refractivity contribution is 0.102. The Bertz CT molecular complexity index is 1120. The molecule has 0 saturated heterocycles. The number of rotatable bonds is 7. The minimum atomic E-state index is -3.93. The molecule has 8 nitrogen and oxygen atoms in total. The van der Waals surface area contributed by atoms with Crippen molar-refractivity contribution in [2.75, 3.05) is 16.6 Å². The van der Waals surface area contributed by atoms with E-state index in [1.807, 2.05) is 32.9 Å². The zero-order chi connectivity index (χ0) is 21.0. The number of carbonyl (C=O) groups is 1. The molecule has 0 aliphatic carbocycles. The summed E-state index contributed by atoms with van der Waals surface area (Å²) in [5, 5.41) is 8.72. The maximum absolute atomic E-state index is 12.5. The van der Waals surface area contributed by atoms with E-state index in [4.69, 9.17) is 4.74 Å². The quantitative estimate of drug-likeness (QED) is 0.548. The maximum atomic E-state index is 12.5. The lowest BCUT2D eigenvalue weighted by atomic mass is 10.1. The summed E-state index contributed by atoms with van der Waals surface area (Å²) in [5.41, 5.74) is 3.08. The van der Waals surface area contributed by atoms with Gasteiger partial charge in [-0.15, -0.1) is 0 Å². The fourth-order valence-electron chi connectivity index (χ4n) is 2.57. The van der Waals surface area contributed by atoms with Gasteiger partial charge in [0.05, 0.1) is 6.61 Å². The van der Waals surface area contributed by atoms with Crippen LogP contribution in [0.2, 0.25) is 0 Å². The van der Waals surface area contributed by atoms with E-state index in [0.717, 1.165) is 11.1 Å². The Morgan fingerprint density at radius 1 is 1.03 bits per heavy atom. The second-order valence-corrected chi connectivity index (χ2v) is 8.08. The normalized spacial score (nSPS) is 11.1. The number of nitrogens with one attached hydrogen (secondary N) is 3. The van der Waals surface area contributed by atoms with Crippen LogP contribution in [0.4, 0.5) is 11.4 Å². The minimum Gasteiger partial charge on any atom is -0.494 e. The summed E-state index contributed by atoms with van der Waals surface area (Å²) < 4.78 is 32.8. The number of hydrogen-bond donors (Lipinski definition) is 3. The van der Waals surface area contributed by atoms with Crippen molar-refractivity contribution in [2.45, 2.75) is 25.8 Å². The molecule has 9 heteroatoms. The predicted octanol–water partition coefficient (Wildman–Crippen LogP) is 3.48. The molecule has 1 aromatic heterocycles. The highest BCUT2D eigenvalue weighted by Gasteiger charge is 2.20. The summed E-state index contributed by atoms with van der Waals surface area (Å²) in [5.74, 6) is 0.134. The summed E-state index contributed by atoms with van der Waals surface area (Å²) in [4.78, 5) is 12.4. The number of benzene rings is 2. The first kappa shape index (κ1) is 20.4. The van der Waals surface area contributed by atoms with E-state index < -0.39 is 15.9 Å². The first-order chi connectivity index (χ1) is 13.8. The molecule has 29 heavy (non-hydrogen) atoms. The Labute approximate surface area is 169 Å². The molecule has 3 rings (SSSR count). The lowest BCUT2D eigenvalue weighted by Crippen LogP contribution is -2.14. The van der Waals surface area contributed by atoms with Crippen LogP contribution in [0.15, 0.2) is 53.6 Å². The van der Waals surface area contributed by atoms with Gasteiger partial charge in [-0.3, -0.25) is 14.6 Å². The molecule has 152 valence electrons. The van der Waals surface area contributed by atoms with Crippen molar-refractivity contribution >= 4 is 27.3 Å². The van der Waals surface area contributed by atoms with Crippen LogP contribution in [0.1, 0.15) is 28.5 Å². The fourth-order valence-corrected chi connectivity index (χ4v) is 3.56. The molecule has 0 unspecified atom stereocenters. The number of hydrogen-bond acceptors (Lipinski definition) is 5. The number of carbonyl (C=O) groups excluding carboxylic acids is 1. The number of nitrogens with zero attached hydrogens (tertiary/aromatic N) is 1. The van der Waals surface area contributed by atoms with Crippen molar-refractivity contribution in [1.29, 1.82) is 0 Å². The van der Waals surface area contributed by atoms with Crippen molar-refractivity contribution in [3.8, 4) is 5.75 Å². The van der Waals surface area contributed by atoms with Crippen molar-refractivity contribution in [2.24, 2.45) is 0 Å². The summed E-state index contributed by atoms with van der Waals surface area (Å²) in [6.45, 7) is 6.30. The lowest BCUT2D eigenvalue weighted by Gasteiger charge is -2.07. The van der Waals surface area contributed by atoms with Gasteiger partial charge in [-0.2, -0.15) is 13.5 Å². The van der Waals surface area contributed by atoms with Gasteiger partial charge in [0.15, 0.2) is 10.7 Å². The van der Waals surface area contributed by atoms with Gasteiger partial charge in [0.2, 0.25) is 0 Å². The summed E-state index contributed by atoms with van der Waals surface area (Å²) in [6.07, 6.45) is 0. The van der Waals surface area contributed by atoms with Gasteiger partial charge >= 0.3 is 0 Å². The van der Waals surface area contributed by atoms with Crippen LogP contribution in [0.25, 0.3) is 0 Å². The standard InChI is InChI=1S/C20H22N4O4S/c1-4-28-17-9-7-15(8-10-17)24-29(26,27)19-12-18(22-23-19)20(25)21-16-6-5-13(2)14(3)11-16/h5-12,24H,4H2,1-3H3,(H,21,25)(H,22,23). The molecule has 0 aliphatic rings. The summed E-state index contributed by atoms with van der Waals surface area (Å²) in [6, 6.07) is 13.2. The Kier molecular flexibility index (Phi) is 5.88. The Hall–Kier alpha value is -3.33. The third-order valence-corrected chi connectivity index (χ3v) is 5.55. The molecule has 3 N–H and O–H groups in total. The predicted molar refractivity (Wildman–Crippen MR) is 111 cm³/mol. The smallest absolute Gasteiger partial charge is 0.278 e. The third-order valence-electron chi connectivity index (χ3n) is 4.26. The number of amides is 1. The molecule has 0 atom stereocenters. The van der Waals surface area contributed by atoms with Gasteiger partial charge in [-0.1, -0.05) is 6.07 Å². The van der Waals surface area contributed by atoms with E-state index in [0.29, 0.717) is 23.7 Å². The largest absolute Gasteiger partial charge is 0.494 e. The average Bonchev–Trinajstić information content (AvgIpc) is 3.18. The van der Waals surface area contributed by atoms with Crippen LogP contribution in [0, 0.1) is 13.8 Å². The first-order valence-corrected chi connectivity index (χ1v) is 10.5. The van der Waals surface area contributed by atoms with Gasteiger partial charge in [0.1, 0.15) is 5.75 Å². The molecule has 0 radical (unpaired) electrons. The van der Waals surface area contributed by atoms with Crippen LogP contribution in [0.3, 0.4) is 0 Å². The Morgan fingerprint density at radius 2 is 1.72 bits per heavy atom. The fraction of sp³-hybridized carbons (Fsp3) is 0.200. The van der Waals surface area contributed by atoms with Gasteiger partial charge in [-0.05, 0) is 68.3 Å². The monoisotopic (exact) mass is 414 g/mol. The summed E-state index contributed by atoms with van der Waals surface area (Å²) in [7, 11) is -3.93. The minimum absolute atomic E-state index is 0.0321. The number of aryl methyl sites for hydroxylation is 2. The van der Waals surface area contributed by atoms with Crippen molar-refractivity contribution in [1.82, 2.24) is 10.2 Å². The molecular weight excluding hydrogens is 392 g/mol. The van der Waals surface area contributed by atoms with E-state index in [1.54, 1.807) is 30.3 Å². The van der Waals surface area contributed by atoms with Crippen LogP contribution in [0.5, 0.6) is 5.75 Å². The first-order valence-electron chi connectivity index (χ1n) is 8.98. The van der Waals surface area contributed by atoms with E-state index in [-0.39, 0.29) is 10.7 Å². The SMILES string of the molecule is CCOc1ccc(NS(=O)(=O)c2cc(C(=O)Nc3ccc(C)c(C)c3)n[nH]2)cc1. The molecule has 0 bridgehead atoms. The Balaban J connectivity index is 1.71. The molecule has 0 saturated carbocycles. The molecule has 0 aliphatic heterocycles. The van der Waals surface area contributed by atoms with Gasteiger partial charge < -0.3 is 10.1 Å². The molecule has 3 aromatic rings. The highest BCUT2D eigenvalue weighted by Crippen LogP contribution is 2.20. The number of aromatic amines is 1.